The van der Waals surface area contributed by atoms with Gasteiger partial charge in [-0.25, -0.2) is 0 Å². The van der Waals surface area contributed by atoms with Gasteiger partial charge in [0.15, 0.2) is 0 Å². The van der Waals surface area contributed by atoms with Crippen LogP contribution in [0.5, 0.6) is 6.01 Å². The van der Waals surface area contributed by atoms with Crippen molar-refractivity contribution in [2.24, 2.45) is 7.05 Å². The van der Waals surface area contributed by atoms with Crippen molar-refractivity contribution >= 4 is 16.9 Å². The van der Waals surface area contributed by atoms with Gasteiger partial charge < -0.3 is 15.0 Å². The first-order valence-electron chi connectivity index (χ1n) is 7.05. The van der Waals surface area contributed by atoms with Gasteiger partial charge in [-0.1, -0.05) is 0 Å². The van der Waals surface area contributed by atoms with Gasteiger partial charge in [-0.2, -0.15) is 10.1 Å². The fourth-order valence-electron chi connectivity index (χ4n) is 2.18. The van der Waals surface area contributed by atoms with Gasteiger partial charge in [0.25, 0.3) is 11.9 Å². The van der Waals surface area contributed by atoms with Crippen LogP contribution in [0.2, 0.25) is 0 Å². The molecule has 0 bridgehead atoms. The molecule has 114 valence electrons. The smallest absolute Gasteiger partial charge is 0.294 e. The lowest BCUT2D eigenvalue weighted by Crippen LogP contribution is -2.24. The molecule has 0 saturated carbocycles. The van der Waals surface area contributed by atoms with Crippen molar-refractivity contribution in [1.82, 2.24) is 25.1 Å². The summed E-state index contributed by atoms with van der Waals surface area (Å²) in [5, 5.41) is 6.94. The molecule has 0 unspecified atom stereocenters. The number of hydrogen-bond acceptors (Lipinski definition) is 4. The Kier molecular flexibility index (Phi) is 3.78. The Hall–Kier alpha value is -2.83. The van der Waals surface area contributed by atoms with Crippen LogP contribution in [0.4, 0.5) is 0 Å². The van der Waals surface area contributed by atoms with E-state index in [4.69, 9.17) is 4.74 Å². The molecule has 22 heavy (non-hydrogen) atoms. The average Bonchev–Trinajstić information content (AvgIpc) is 3.09. The number of aryl methyl sites for hydroxylation is 1. The summed E-state index contributed by atoms with van der Waals surface area (Å²) in [6.45, 7) is 2.86. The Bertz CT molecular complexity index is 805. The molecule has 2 aromatic heterocycles. The molecule has 0 aliphatic rings. The maximum absolute atomic E-state index is 12.2. The molecule has 1 aromatic carbocycles. The number of rotatable bonds is 5. The number of carbonyl (C=O) groups excluding carboxylic acids is 1. The number of aromatic nitrogens is 4. The lowest BCUT2D eigenvalue weighted by atomic mass is 10.2. The quantitative estimate of drug-likeness (QED) is 0.750. The highest BCUT2D eigenvalue weighted by molar-refractivity contribution is 5.97. The molecule has 2 heterocycles. The van der Waals surface area contributed by atoms with Crippen LogP contribution in [-0.2, 0) is 13.6 Å². The molecule has 0 saturated heterocycles. The summed E-state index contributed by atoms with van der Waals surface area (Å²) in [7, 11) is 1.84. The third-order valence-electron chi connectivity index (χ3n) is 3.36. The van der Waals surface area contributed by atoms with Crippen molar-refractivity contribution in [2.45, 2.75) is 13.5 Å². The van der Waals surface area contributed by atoms with Crippen molar-refractivity contribution in [3.05, 3.63) is 41.7 Å². The second kappa shape index (κ2) is 5.88. The van der Waals surface area contributed by atoms with Crippen LogP contribution in [0.25, 0.3) is 11.0 Å². The summed E-state index contributed by atoms with van der Waals surface area (Å²) in [5.41, 5.74) is 3.05. The van der Waals surface area contributed by atoms with Crippen LogP contribution in [0, 0.1) is 0 Å². The summed E-state index contributed by atoms with van der Waals surface area (Å²) in [4.78, 5) is 19.5. The predicted octanol–water partition coefficient (Wildman–Crippen LogP) is 1.63. The van der Waals surface area contributed by atoms with Gasteiger partial charge in [-0.05, 0) is 31.2 Å². The fourth-order valence-corrected chi connectivity index (χ4v) is 2.18. The van der Waals surface area contributed by atoms with Crippen molar-refractivity contribution in [2.75, 3.05) is 6.61 Å². The monoisotopic (exact) mass is 299 g/mol. The minimum atomic E-state index is -0.143. The van der Waals surface area contributed by atoms with E-state index in [-0.39, 0.29) is 5.91 Å². The van der Waals surface area contributed by atoms with E-state index in [0.29, 0.717) is 24.7 Å². The zero-order valence-corrected chi connectivity index (χ0v) is 12.5. The predicted molar refractivity (Wildman–Crippen MR) is 81.6 cm³/mol. The molecule has 7 heteroatoms. The number of benzene rings is 1. The molecule has 0 atom stereocenters. The van der Waals surface area contributed by atoms with Crippen molar-refractivity contribution in [3.8, 4) is 6.01 Å². The zero-order chi connectivity index (χ0) is 15.5. The Morgan fingerprint density at radius 1 is 1.41 bits per heavy atom. The number of ether oxygens (including phenoxy) is 1. The molecule has 3 aromatic rings. The molecule has 2 N–H and O–H groups in total. The average molecular weight is 299 g/mol. The van der Waals surface area contributed by atoms with Crippen molar-refractivity contribution in [1.29, 1.82) is 0 Å². The molecule has 0 radical (unpaired) electrons. The minimum Gasteiger partial charge on any atom is -0.465 e. The van der Waals surface area contributed by atoms with Crippen LogP contribution in [0.3, 0.4) is 0 Å². The number of aromatic amines is 1. The maximum atomic E-state index is 12.2. The SMILES string of the molecule is CCOc1nc2ccc(C(=O)NCc3ccnn3C)cc2[nH]1. The highest BCUT2D eigenvalue weighted by Gasteiger charge is 2.10. The molecule has 0 aliphatic carbocycles. The van der Waals surface area contributed by atoms with E-state index in [2.05, 4.69) is 20.4 Å². The highest BCUT2D eigenvalue weighted by atomic mass is 16.5. The minimum absolute atomic E-state index is 0.143. The van der Waals surface area contributed by atoms with E-state index in [1.807, 2.05) is 20.0 Å². The van der Waals surface area contributed by atoms with E-state index < -0.39 is 0 Å². The number of fused-ring (bicyclic) bond motifs is 1. The third-order valence-corrected chi connectivity index (χ3v) is 3.36. The first-order valence-corrected chi connectivity index (χ1v) is 7.05. The van der Waals surface area contributed by atoms with Gasteiger partial charge in [0.2, 0.25) is 0 Å². The lowest BCUT2D eigenvalue weighted by Gasteiger charge is -2.05. The third kappa shape index (κ3) is 2.78. The van der Waals surface area contributed by atoms with E-state index in [9.17, 15) is 4.79 Å². The van der Waals surface area contributed by atoms with Crippen LogP contribution in [0.1, 0.15) is 23.0 Å². The van der Waals surface area contributed by atoms with Gasteiger partial charge >= 0.3 is 0 Å². The topological polar surface area (TPSA) is 84.8 Å². The number of hydrogen-bond donors (Lipinski definition) is 2. The molecule has 1 amide bonds. The first-order chi connectivity index (χ1) is 10.7. The Morgan fingerprint density at radius 3 is 3.00 bits per heavy atom. The molecule has 0 fully saturated rings. The van der Waals surface area contributed by atoms with Gasteiger partial charge in [0.1, 0.15) is 0 Å². The summed E-state index contributed by atoms with van der Waals surface area (Å²) in [6, 6.07) is 7.64. The molecular formula is C15H17N5O2. The van der Waals surface area contributed by atoms with Crippen LogP contribution >= 0.6 is 0 Å². The molecule has 7 nitrogen and oxygen atoms in total. The summed E-state index contributed by atoms with van der Waals surface area (Å²) in [5.74, 6) is -0.143. The van der Waals surface area contributed by atoms with Crippen molar-refractivity contribution < 1.29 is 9.53 Å². The summed E-state index contributed by atoms with van der Waals surface area (Å²) < 4.78 is 7.05. The number of nitrogens with zero attached hydrogens (tertiary/aromatic N) is 3. The zero-order valence-electron chi connectivity index (χ0n) is 12.5. The Morgan fingerprint density at radius 2 is 2.27 bits per heavy atom. The van der Waals surface area contributed by atoms with Gasteiger partial charge in [0, 0.05) is 18.8 Å². The van der Waals surface area contributed by atoms with Crippen molar-refractivity contribution in [3.63, 3.8) is 0 Å². The summed E-state index contributed by atoms with van der Waals surface area (Å²) in [6.07, 6.45) is 1.70. The highest BCUT2D eigenvalue weighted by Crippen LogP contribution is 2.17. The second-order valence-corrected chi connectivity index (χ2v) is 4.84. The van der Waals surface area contributed by atoms with Crippen LogP contribution < -0.4 is 10.1 Å². The molecule has 0 spiro atoms. The Labute approximate surface area is 127 Å². The number of amides is 1. The number of nitrogens with one attached hydrogen (secondary N) is 2. The molecule has 3 rings (SSSR count). The number of imidazole rings is 1. The largest absolute Gasteiger partial charge is 0.465 e. The van der Waals surface area contributed by atoms with Gasteiger partial charge in [-0.3, -0.25) is 9.48 Å². The molecular weight excluding hydrogens is 282 g/mol. The van der Waals surface area contributed by atoms with Crippen LogP contribution in [0.15, 0.2) is 30.5 Å². The number of carbonyl (C=O) groups is 1. The summed E-state index contributed by atoms with van der Waals surface area (Å²) >= 11 is 0. The fraction of sp³-hybridized carbons (Fsp3) is 0.267. The first kappa shape index (κ1) is 14.1. The van der Waals surface area contributed by atoms with E-state index in [1.165, 1.54) is 0 Å². The normalized spacial score (nSPS) is 10.8. The maximum Gasteiger partial charge on any atom is 0.294 e. The lowest BCUT2D eigenvalue weighted by molar-refractivity contribution is 0.0950. The van der Waals surface area contributed by atoms with Crippen LogP contribution in [-0.4, -0.2) is 32.3 Å². The number of H-pyrrole nitrogens is 1. The van der Waals surface area contributed by atoms with Gasteiger partial charge in [0.05, 0.1) is 29.9 Å². The Balaban J connectivity index is 1.74. The molecule has 0 aliphatic heterocycles. The van der Waals surface area contributed by atoms with E-state index in [0.717, 1.165) is 16.7 Å². The van der Waals surface area contributed by atoms with E-state index in [1.54, 1.807) is 29.1 Å². The standard InChI is InChI=1S/C15H17N5O2/c1-3-22-15-18-12-5-4-10(8-13(12)19-15)14(21)16-9-11-6-7-17-20(11)2/h4-8H,3,9H2,1-2H3,(H,16,21)(H,18,19). The van der Waals surface area contributed by atoms with E-state index >= 15 is 0 Å². The van der Waals surface area contributed by atoms with Gasteiger partial charge in [-0.15, -0.1) is 0 Å². The second-order valence-electron chi connectivity index (χ2n) is 4.84.